The van der Waals surface area contributed by atoms with Gasteiger partial charge in [-0.15, -0.1) is 5.10 Å². The Morgan fingerprint density at radius 3 is 2.75 bits per heavy atom. The minimum atomic E-state index is -4.61. The first kappa shape index (κ1) is 12.8. The van der Waals surface area contributed by atoms with Gasteiger partial charge in [0.2, 0.25) is 12.4 Å². The van der Waals surface area contributed by atoms with Gasteiger partial charge in [0.15, 0.2) is 5.65 Å². The third-order valence-corrected chi connectivity index (χ3v) is 3.51. The Hall–Kier alpha value is -2.19. The van der Waals surface area contributed by atoms with E-state index in [1.165, 1.54) is 0 Å². The van der Waals surface area contributed by atoms with Crippen molar-refractivity contribution in [3.63, 3.8) is 0 Å². The minimum absolute atomic E-state index is 0.0181. The number of aromatic nitrogens is 3. The van der Waals surface area contributed by atoms with Crippen LogP contribution in [0, 0.1) is 5.95 Å². The van der Waals surface area contributed by atoms with Crippen molar-refractivity contribution in [2.75, 3.05) is 11.4 Å². The average Bonchev–Trinajstić information content (AvgIpc) is 2.86. The smallest absolute Gasteiger partial charge is 0.311 e. The van der Waals surface area contributed by atoms with Crippen molar-refractivity contribution < 1.29 is 22.4 Å². The van der Waals surface area contributed by atoms with Crippen molar-refractivity contribution in [3.05, 3.63) is 23.9 Å². The summed E-state index contributed by atoms with van der Waals surface area (Å²) in [4.78, 5) is 15.7. The molecule has 1 unspecified atom stereocenters. The van der Waals surface area contributed by atoms with Crippen LogP contribution in [0.5, 0.6) is 0 Å². The van der Waals surface area contributed by atoms with Crippen molar-refractivity contribution in [1.82, 2.24) is 14.6 Å². The predicted molar refractivity (Wildman–Crippen MR) is 59.8 cm³/mol. The van der Waals surface area contributed by atoms with Crippen LogP contribution in [0.2, 0.25) is 0 Å². The summed E-state index contributed by atoms with van der Waals surface area (Å²) in [6.45, 7) is 0.367. The maximum atomic E-state index is 13.4. The van der Waals surface area contributed by atoms with Gasteiger partial charge in [0, 0.05) is 12.6 Å². The standard InChI is InChI=1S/C11H8F4N4O/c1-10(11(13,14)15)4-18(5-20)6-3-16-8-2-7(12)17-19(8)9(6)10/h2-3,5H,4H2,1H3. The number of amides is 1. The van der Waals surface area contributed by atoms with Gasteiger partial charge in [0.1, 0.15) is 5.41 Å². The van der Waals surface area contributed by atoms with Gasteiger partial charge in [-0.3, -0.25) is 4.79 Å². The van der Waals surface area contributed by atoms with Crippen LogP contribution in [0.4, 0.5) is 23.2 Å². The Labute approximate surface area is 109 Å². The number of halogens is 4. The van der Waals surface area contributed by atoms with E-state index in [0.29, 0.717) is 6.41 Å². The fraction of sp³-hybridized carbons (Fsp3) is 0.364. The largest absolute Gasteiger partial charge is 0.401 e. The maximum Gasteiger partial charge on any atom is 0.401 e. The van der Waals surface area contributed by atoms with E-state index in [-0.39, 0.29) is 17.0 Å². The third-order valence-electron chi connectivity index (χ3n) is 3.51. The summed E-state index contributed by atoms with van der Waals surface area (Å²) in [7, 11) is 0. The molecule has 0 N–H and O–H groups in total. The molecule has 106 valence electrons. The van der Waals surface area contributed by atoms with Crippen molar-refractivity contribution in [2.24, 2.45) is 0 Å². The first-order valence-electron chi connectivity index (χ1n) is 5.61. The average molecular weight is 288 g/mol. The highest BCUT2D eigenvalue weighted by molar-refractivity contribution is 5.81. The van der Waals surface area contributed by atoms with Crippen LogP contribution in [0.25, 0.3) is 5.65 Å². The highest BCUT2D eigenvalue weighted by Crippen LogP contribution is 2.49. The molecule has 0 saturated carbocycles. The zero-order valence-corrected chi connectivity index (χ0v) is 10.1. The second-order valence-corrected chi connectivity index (χ2v) is 4.79. The van der Waals surface area contributed by atoms with Gasteiger partial charge in [-0.1, -0.05) is 0 Å². The Morgan fingerprint density at radius 2 is 2.15 bits per heavy atom. The minimum Gasteiger partial charge on any atom is -0.311 e. The van der Waals surface area contributed by atoms with Crippen LogP contribution in [-0.4, -0.2) is 33.7 Å². The zero-order chi connectivity index (χ0) is 14.7. The van der Waals surface area contributed by atoms with Crippen LogP contribution in [-0.2, 0) is 10.2 Å². The quantitative estimate of drug-likeness (QED) is 0.592. The number of alkyl halides is 3. The lowest BCUT2D eigenvalue weighted by Crippen LogP contribution is -2.44. The summed E-state index contributed by atoms with van der Waals surface area (Å²) in [6.07, 6.45) is -3.20. The monoisotopic (exact) mass is 288 g/mol. The maximum absolute atomic E-state index is 13.4. The number of fused-ring (bicyclic) bond motifs is 3. The Bertz CT molecular complexity index is 710. The van der Waals surface area contributed by atoms with Gasteiger partial charge >= 0.3 is 6.18 Å². The molecule has 0 spiro atoms. The fourth-order valence-corrected chi connectivity index (χ4v) is 2.44. The number of anilines is 1. The van der Waals surface area contributed by atoms with E-state index in [2.05, 4.69) is 10.1 Å². The second kappa shape index (κ2) is 3.68. The van der Waals surface area contributed by atoms with Crippen LogP contribution in [0.1, 0.15) is 12.6 Å². The second-order valence-electron chi connectivity index (χ2n) is 4.79. The molecule has 20 heavy (non-hydrogen) atoms. The van der Waals surface area contributed by atoms with Gasteiger partial charge in [0.25, 0.3) is 0 Å². The first-order valence-corrected chi connectivity index (χ1v) is 5.61. The molecule has 2 aromatic heterocycles. The molecule has 1 amide bonds. The number of rotatable bonds is 1. The number of carbonyl (C=O) groups is 1. The molecule has 3 heterocycles. The van der Waals surface area contributed by atoms with E-state index in [9.17, 15) is 22.4 Å². The number of hydrogen-bond acceptors (Lipinski definition) is 3. The van der Waals surface area contributed by atoms with Gasteiger partial charge < -0.3 is 4.90 Å². The van der Waals surface area contributed by atoms with Gasteiger partial charge in [-0.2, -0.15) is 17.6 Å². The first-order chi connectivity index (χ1) is 9.28. The van der Waals surface area contributed by atoms with Crippen LogP contribution in [0.15, 0.2) is 12.3 Å². The van der Waals surface area contributed by atoms with E-state index in [1.807, 2.05) is 0 Å². The van der Waals surface area contributed by atoms with E-state index < -0.39 is 24.1 Å². The molecular formula is C11H8F4N4O. The number of nitrogens with zero attached hydrogens (tertiary/aromatic N) is 4. The SMILES string of the molecule is CC1(C(F)(F)F)CN(C=O)c2cnc3cc(F)nn3c21. The molecule has 0 saturated heterocycles. The van der Waals surface area contributed by atoms with Crippen LogP contribution < -0.4 is 4.90 Å². The Balaban J connectivity index is 2.38. The fourth-order valence-electron chi connectivity index (χ4n) is 2.44. The van der Waals surface area contributed by atoms with Gasteiger partial charge in [-0.25, -0.2) is 9.50 Å². The van der Waals surface area contributed by atoms with E-state index in [1.54, 1.807) is 0 Å². The molecule has 0 radical (unpaired) electrons. The lowest BCUT2D eigenvalue weighted by molar-refractivity contribution is -0.181. The molecule has 0 aliphatic carbocycles. The Morgan fingerprint density at radius 1 is 1.45 bits per heavy atom. The lowest BCUT2D eigenvalue weighted by atomic mass is 9.88. The molecule has 3 rings (SSSR count). The van der Waals surface area contributed by atoms with Crippen LogP contribution >= 0.6 is 0 Å². The van der Waals surface area contributed by atoms with Crippen molar-refractivity contribution >= 4 is 17.7 Å². The predicted octanol–water partition coefficient (Wildman–Crippen LogP) is 1.66. The van der Waals surface area contributed by atoms with Gasteiger partial charge in [-0.05, 0) is 6.92 Å². The zero-order valence-electron chi connectivity index (χ0n) is 10.1. The molecule has 1 aliphatic heterocycles. The van der Waals surface area contributed by atoms with Crippen molar-refractivity contribution in [3.8, 4) is 0 Å². The lowest BCUT2D eigenvalue weighted by Gasteiger charge is -2.27. The molecule has 5 nitrogen and oxygen atoms in total. The normalized spacial score (nSPS) is 22.4. The van der Waals surface area contributed by atoms with E-state index >= 15 is 0 Å². The van der Waals surface area contributed by atoms with E-state index in [4.69, 9.17) is 0 Å². The molecule has 2 aromatic rings. The molecule has 1 atom stereocenters. The van der Waals surface area contributed by atoms with Crippen molar-refractivity contribution in [2.45, 2.75) is 18.5 Å². The molecule has 0 aromatic carbocycles. The molecule has 0 bridgehead atoms. The Kier molecular flexibility index (Phi) is 2.36. The van der Waals surface area contributed by atoms with Crippen molar-refractivity contribution in [1.29, 1.82) is 0 Å². The summed E-state index contributed by atoms with van der Waals surface area (Å²) >= 11 is 0. The summed E-state index contributed by atoms with van der Waals surface area (Å²) < 4.78 is 54.1. The third kappa shape index (κ3) is 1.46. The summed E-state index contributed by atoms with van der Waals surface area (Å²) in [5.74, 6) is -0.931. The highest BCUT2D eigenvalue weighted by Gasteiger charge is 2.59. The topological polar surface area (TPSA) is 50.5 Å². The molecule has 9 heteroatoms. The summed E-state index contributed by atoms with van der Waals surface area (Å²) in [5, 5.41) is 3.41. The van der Waals surface area contributed by atoms with Gasteiger partial charge in [0.05, 0.1) is 17.6 Å². The summed E-state index contributed by atoms with van der Waals surface area (Å²) in [5.41, 5.74) is -2.67. The molecule has 1 aliphatic rings. The molecule has 0 fully saturated rings. The van der Waals surface area contributed by atoms with E-state index in [0.717, 1.165) is 28.6 Å². The number of hydrogen-bond donors (Lipinski definition) is 0. The highest BCUT2D eigenvalue weighted by atomic mass is 19.4. The molecular weight excluding hydrogens is 280 g/mol. The number of carbonyl (C=O) groups excluding carboxylic acids is 1. The summed E-state index contributed by atoms with van der Waals surface area (Å²) in [6, 6.07) is 0.931. The van der Waals surface area contributed by atoms with Crippen LogP contribution in [0.3, 0.4) is 0 Å².